The van der Waals surface area contributed by atoms with Crippen LogP contribution in [0.4, 0.5) is 13.2 Å². The summed E-state index contributed by atoms with van der Waals surface area (Å²) in [5.74, 6) is 0.216. The largest absolute Gasteiger partial charge is 0.451 e. The van der Waals surface area contributed by atoms with Crippen LogP contribution < -0.4 is 0 Å². The van der Waals surface area contributed by atoms with Crippen molar-refractivity contribution < 1.29 is 13.2 Å². The number of fused-ring (bicyclic) bond motifs is 1. The lowest BCUT2D eigenvalue weighted by atomic mass is 9.95. The molecule has 0 N–H and O–H groups in total. The number of hydrogen-bond acceptors (Lipinski definition) is 4. The molecule has 0 bridgehead atoms. The van der Waals surface area contributed by atoms with Crippen molar-refractivity contribution in [2.45, 2.75) is 33.1 Å². The van der Waals surface area contributed by atoms with E-state index in [1.807, 2.05) is 0 Å². The van der Waals surface area contributed by atoms with Crippen LogP contribution in [0.2, 0.25) is 0 Å². The molecule has 0 unspecified atom stereocenters. The lowest BCUT2D eigenvalue weighted by molar-refractivity contribution is -0.148. The second kappa shape index (κ2) is 4.97. The van der Waals surface area contributed by atoms with Crippen molar-refractivity contribution in [1.29, 1.82) is 0 Å². The van der Waals surface area contributed by atoms with Crippen LogP contribution in [0.1, 0.15) is 25.5 Å². The molecule has 2 heterocycles. The van der Waals surface area contributed by atoms with E-state index in [-0.39, 0.29) is 12.0 Å². The normalized spacial score (nSPS) is 17.6. The molecule has 0 saturated carbocycles. The molecule has 108 valence electrons. The van der Waals surface area contributed by atoms with Gasteiger partial charge in [0.1, 0.15) is 5.82 Å². The maximum Gasteiger partial charge on any atom is 0.451 e. The van der Waals surface area contributed by atoms with E-state index in [2.05, 4.69) is 41.6 Å². The average molecular weight is 294 g/mol. The Labute approximate surface area is 115 Å². The highest BCUT2D eigenvalue weighted by atomic mass is 32.1. The summed E-state index contributed by atoms with van der Waals surface area (Å²) >= 11 is 4.29. The van der Waals surface area contributed by atoms with Crippen molar-refractivity contribution in [2.24, 2.45) is 5.41 Å². The molecule has 1 aliphatic rings. The summed E-state index contributed by atoms with van der Waals surface area (Å²) in [7, 11) is 0. The van der Waals surface area contributed by atoms with Crippen LogP contribution in [-0.2, 0) is 19.3 Å². The minimum Gasteiger partial charge on any atom is -0.305 e. The van der Waals surface area contributed by atoms with E-state index in [1.165, 1.54) is 4.57 Å². The molecule has 0 amide bonds. The highest BCUT2D eigenvalue weighted by Crippen LogP contribution is 2.30. The Morgan fingerprint density at radius 1 is 1.21 bits per heavy atom. The molecule has 0 radical (unpaired) electrons. The first-order valence-corrected chi connectivity index (χ1v) is 6.69. The summed E-state index contributed by atoms with van der Waals surface area (Å²) in [5.41, 5.74) is 0.0260. The monoisotopic (exact) mass is 294 g/mol. The van der Waals surface area contributed by atoms with Crippen molar-refractivity contribution in [3.8, 4) is 0 Å². The summed E-state index contributed by atoms with van der Waals surface area (Å²) in [5, 5.41) is 6.93. The second-order valence-corrected chi connectivity index (χ2v) is 5.94. The smallest absolute Gasteiger partial charge is 0.305 e. The zero-order chi connectivity index (χ0) is 14.3. The van der Waals surface area contributed by atoms with Gasteiger partial charge in [-0.2, -0.15) is 25.8 Å². The summed E-state index contributed by atoms with van der Waals surface area (Å²) in [6, 6.07) is 0. The third-order valence-corrected chi connectivity index (χ3v) is 4.02. The van der Waals surface area contributed by atoms with Gasteiger partial charge in [-0.25, -0.2) is 0 Å². The molecule has 0 atom stereocenters. The van der Waals surface area contributed by atoms with Gasteiger partial charge in [0.2, 0.25) is 5.82 Å². The van der Waals surface area contributed by atoms with Crippen molar-refractivity contribution in [2.75, 3.05) is 18.8 Å². The Hall–Kier alpha value is -0.760. The SMILES string of the molecule is CC(C)(CS)CN1CCn2c(nnc2C(F)(F)F)C1. The molecule has 0 aromatic carbocycles. The number of aromatic nitrogens is 3. The third kappa shape index (κ3) is 3.22. The van der Waals surface area contributed by atoms with Gasteiger partial charge in [-0.3, -0.25) is 4.90 Å². The first kappa shape index (κ1) is 14.6. The molecule has 19 heavy (non-hydrogen) atoms. The van der Waals surface area contributed by atoms with Crippen LogP contribution in [0.25, 0.3) is 0 Å². The molecular formula is C11H17F3N4S. The summed E-state index contributed by atoms with van der Waals surface area (Å²) in [6.45, 7) is 6.21. The minimum absolute atomic E-state index is 0.0260. The van der Waals surface area contributed by atoms with Gasteiger partial charge in [0.25, 0.3) is 0 Å². The molecule has 0 saturated heterocycles. The predicted octanol–water partition coefficient (Wildman–Crippen LogP) is 2.07. The van der Waals surface area contributed by atoms with Crippen molar-refractivity contribution in [3.05, 3.63) is 11.6 Å². The van der Waals surface area contributed by atoms with E-state index in [9.17, 15) is 13.2 Å². The van der Waals surface area contributed by atoms with Gasteiger partial charge in [0, 0.05) is 19.6 Å². The average Bonchev–Trinajstić information content (AvgIpc) is 2.71. The first-order valence-electron chi connectivity index (χ1n) is 6.05. The van der Waals surface area contributed by atoms with Gasteiger partial charge < -0.3 is 4.57 Å². The van der Waals surface area contributed by atoms with E-state index in [0.717, 1.165) is 12.3 Å². The molecule has 0 fully saturated rings. The van der Waals surface area contributed by atoms with Crippen LogP contribution >= 0.6 is 12.6 Å². The van der Waals surface area contributed by atoms with Gasteiger partial charge in [0.05, 0.1) is 6.54 Å². The van der Waals surface area contributed by atoms with Crippen LogP contribution in [-0.4, -0.2) is 38.5 Å². The maximum absolute atomic E-state index is 12.7. The van der Waals surface area contributed by atoms with E-state index in [1.54, 1.807) is 0 Å². The lowest BCUT2D eigenvalue weighted by Crippen LogP contribution is -2.41. The van der Waals surface area contributed by atoms with Crippen molar-refractivity contribution >= 4 is 12.6 Å². The van der Waals surface area contributed by atoms with Crippen LogP contribution in [0, 0.1) is 5.41 Å². The zero-order valence-electron chi connectivity index (χ0n) is 10.9. The molecule has 4 nitrogen and oxygen atoms in total. The Kier molecular flexibility index (Phi) is 3.83. The highest BCUT2D eigenvalue weighted by Gasteiger charge is 2.39. The molecule has 0 spiro atoms. The van der Waals surface area contributed by atoms with Crippen molar-refractivity contribution in [3.63, 3.8) is 0 Å². The zero-order valence-corrected chi connectivity index (χ0v) is 11.8. The van der Waals surface area contributed by atoms with E-state index < -0.39 is 12.0 Å². The molecule has 1 aromatic rings. The topological polar surface area (TPSA) is 34.0 Å². The highest BCUT2D eigenvalue weighted by molar-refractivity contribution is 7.80. The fourth-order valence-corrected chi connectivity index (χ4v) is 2.31. The summed E-state index contributed by atoms with van der Waals surface area (Å²) < 4.78 is 39.2. The molecule has 1 aliphatic heterocycles. The summed E-state index contributed by atoms with van der Waals surface area (Å²) in [6.07, 6.45) is -4.43. The standard InChI is InChI=1S/C11H17F3N4S/c1-10(2,7-19)6-17-3-4-18-8(5-17)15-16-9(18)11(12,13)14/h19H,3-7H2,1-2H3. The molecule has 2 rings (SSSR count). The predicted molar refractivity (Wildman–Crippen MR) is 67.9 cm³/mol. The van der Waals surface area contributed by atoms with Gasteiger partial charge in [-0.05, 0) is 11.2 Å². The minimum atomic E-state index is -4.43. The molecule has 1 aromatic heterocycles. The summed E-state index contributed by atoms with van der Waals surface area (Å²) in [4.78, 5) is 2.10. The Morgan fingerprint density at radius 3 is 2.47 bits per heavy atom. The quantitative estimate of drug-likeness (QED) is 0.867. The van der Waals surface area contributed by atoms with Gasteiger partial charge in [0.15, 0.2) is 0 Å². The number of nitrogens with zero attached hydrogens (tertiary/aromatic N) is 4. The molecule has 0 aliphatic carbocycles. The maximum atomic E-state index is 12.7. The van der Waals surface area contributed by atoms with Gasteiger partial charge in [-0.15, -0.1) is 10.2 Å². The van der Waals surface area contributed by atoms with E-state index in [0.29, 0.717) is 18.9 Å². The Balaban J connectivity index is 2.12. The number of hydrogen-bond donors (Lipinski definition) is 1. The first-order chi connectivity index (χ1) is 8.73. The fourth-order valence-electron chi connectivity index (χ4n) is 2.21. The fraction of sp³-hybridized carbons (Fsp3) is 0.818. The third-order valence-electron chi connectivity index (χ3n) is 3.17. The second-order valence-electron chi connectivity index (χ2n) is 5.62. The number of rotatable bonds is 3. The molecule has 8 heteroatoms. The Morgan fingerprint density at radius 2 is 1.89 bits per heavy atom. The van der Waals surface area contributed by atoms with Crippen LogP contribution in [0.3, 0.4) is 0 Å². The molecular weight excluding hydrogens is 277 g/mol. The van der Waals surface area contributed by atoms with Gasteiger partial charge >= 0.3 is 6.18 Å². The van der Waals surface area contributed by atoms with E-state index >= 15 is 0 Å². The lowest BCUT2D eigenvalue weighted by Gasteiger charge is -2.34. The van der Waals surface area contributed by atoms with Gasteiger partial charge in [-0.1, -0.05) is 13.8 Å². The Bertz CT molecular complexity index is 455. The number of thiol groups is 1. The van der Waals surface area contributed by atoms with Crippen molar-refractivity contribution in [1.82, 2.24) is 19.7 Å². The van der Waals surface area contributed by atoms with E-state index in [4.69, 9.17) is 0 Å². The number of halogens is 3. The number of alkyl halides is 3. The van der Waals surface area contributed by atoms with Crippen LogP contribution in [0.15, 0.2) is 0 Å². The van der Waals surface area contributed by atoms with Crippen LogP contribution in [0.5, 0.6) is 0 Å².